The number of carbonyl (C=O) groups excluding carboxylic acids is 1. The number of hydrogen-bond acceptors (Lipinski definition) is 3. The van der Waals surface area contributed by atoms with Gasteiger partial charge < -0.3 is 4.74 Å². The SMILES string of the molecule is COc1ccc(CC(=O)CSc2ccccc2F)cc1F. The second-order valence-electron chi connectivity index (χ2n) is 4.40. The van der Waals surface area contributed by atoms with Gasteiger partial charge in [0.2, 0.25) is 0 Å². The lowest BCUT2D eigenvalue weighted by atomic mass is 10.1. The van der Waals surface area contributed by atoms with Gasteiger partial charge in [-0.05, 0) is 29.8 Å². The van der Waals surface area contributed by atoms with E-state index in [0.29, 0.717) is 10.5 Å². The van der Waals surface area contributed by atoms with Gasteiger partial charge in [-0.25, -0.2) is 8.78 Å². The minimum atomic E-state index is -0.496. The van der Waals surface area contributed by atoms with Crippen molar-refractivity contribution < 1.29 is 18.3 Å². The van der Waals surface area contributed by atoms with Crippen LogP contribution in [-0.2, 0) is 11.2 Å². The minimum Gasteiger partial charge on any atom is -0.494 e. The van der Waals surface area contributed by atoms with Gasteiger partial charge in [0.05, 0.1) is 12.9 Å². The molecule has 0 aliphatic rings. The number of carbonyl (C=O) groups is 1. The van der Waals surface area contributed by atoms with E-state index in [4.69, 9.17) is 4.74 Å². The quantitative estimate of drug-likeness (QED) is 0.758. The standard InChI is InChI=1S/C16H14F2O2S/c1-20-15-7-6-11(9-14(15)18)8-12(19)10-21-16-5-3-2-4-13(16)17/h2-7,9H,8,10H2,1H3. The van der Waals surface area contributed by atoms with Crippen LogP contribution in [0.5, 0.6) is 5.75 Å². The van der Waals surface area contributed by atoms with Crippen molar-refractivity contribution in [3.8, 4) is 5.75 Å². The number of ketones is 1. The van der Waals surface area contributed by atoms with E-state index in [-0.39, 0.29) is 29.5 Å². The van der Waals surface area contributed by atoms with Gasteiger partial charge in [-0.3, -0.25) is 4.79 Å². The van der Waals surface area contributed by atoms with E-state index < -0.39 is 5.82 Å². The number of thioether (sulfide) groups is 1. The van der Waals surface area contributed by atoms with Crippen LogP contribution in [0.25, 0.3) is 0 Å². The molecule has 0 bridgehead atoms. The molecule has 0 fully saturated rings. The topological polar surface area (TPSA) is 26.3 Å². The summed E-state index contributed by atoms with van der Waals surface area (Å²) in [4.78, 5) is 12.3. The van der Waals surface area contributed by atoms with Crippen molar-refractivity contribution in [2.45, 2.75) is 11.3 Å². The first-order valence-corrected chi connectivity index (χ1v) is 7.30. The Hall–Kier alpha value is -1.88. The zero-order valence-electron chi connectivity index (χ0n) is 11.4. The molecular weight excluding hydrogens is 294 g/mol. The predicted molar refractivity (Wildman–Crippen MR) is 78.8 cm³/mol. The van der Waals surface area contributed by atoms with Gasteiger partial charge in [0.15, 0.2) is 11.6 Å². The third-order valence-electron chi connectivity index (χ3n) is 2.84. The number of hydrogen-bond donors (Lipinski definition) is 0. The second kappa shape index (κ2) is 7.22. The highest BCUT2D eigenvalue weighted by Crippen LogP contribution is 2.22. The normalized spacial score (nSPS) is 10.4. The van der Waals surface area contributed by atoms with Gasteiger partial charge in [-0.15, -0.1) is 11.8 Å². The molecule has 0 aromatic heterocycles. The lowest BCUT2D eigenvalue weighted by molar-refractivity contribution is -0.116. The van der Waals surface area contributed by atoms with Gasteiger partial charge in [-0.1, -0.05) is 18.2 Å². The average Bonchev–Trinajstić information content (AvgIpc) is 2.46. The van der Waals surface area contributed by atoms with Crippen LogP contribution in [0.4, 0.5) is 8.78 Å². The van der Waals surface area contributed by atoms with Crippen molar-refractivity contribution in [3.63, 3.8) is 0 Å². The number of benzene rings is 2. The molecule has 0 atom stereocenters. The number of ether oxygens (including phenoxy) is 1. The third-order valence-corrected chi connectivity index (χ3v) is 3.95. The second-order valence-corrected chi connectivity index (χ2v) is 5.42. The molecule has 21 heavy (non-hydrogen) atoms. The molecular formula is C16H14F2O2S. The van der Waals surface area contributed by atoms with E-state index in [1.165, 1.54) is 25.3 Å². The van der Waals surface area contributed by atoms with Crippen molar-refractivity contribution in [2.75, 3.05) is 12.9 Å². The molecule has 5 heteroatoms. The Morgan fingerprint density at radius 3 is 2.57 bits per heavy atom. The first-order chi connectivity index (χ1) is 10.1. The maximum atomic E-state index is 13.5. The summed E-state index contributed by atoms with van der Waals surface area (Å²) in [5.41, 5.74) is 0.576. The fourth-order valence-corrected chi connectivity index (χ4v) is 2.62. The summed E-state index contributed by atoms with van der Waals surface area (Å²) < 4.78 is 31.7. The van der Waals surface area contributed by atoms with Gasteiger partial charge in [0, 0.05) is 11.3 Å². The molecule has 2 nitrogen and oxygen atoms in total. The first-order valence-electron chi connectivity index (χ1n) is 6.31. The average molecular weight is 308 g/mol. The van der Waals surface area contributed by atoms with E-state index in [1.807, 2.05) is 0 Å². The Kier molecular flexibility index (Phi) is 5.33. The summed E-state index contributed by atoms with van der Waals surface area (Å²) in [6.07, 6.45) is 0.113. The van der Waals surface area contributed by atoms with Crippen LogP contribution in [0.15, 0.2) is 47.4 Å². The van der Waals surface area contributed by atoms with Crippen LogP contribution < -0.4 is 4.74 Å². The Labute approximate surface area is 126 Å². The maximum absolute atomic E-state index is 13.5. The lowest BCUT2D eigenvalue weighted by Crippen LogP contribution is -2.06. The van der Waals surface area contributed by atoms with Gasteiger partial charge in [-0.2, -0.15) is 0 Å². The fraction of sp³-hybridized carbons (Fsp3) is 0.188. The lowest BCUT2D eigenvalue weighted by Gasteiger charge is -2.05. The molecule has 0 amide bonds. The summed E-state index contributed by atoms with van der Waals surface area (Å²) in [7, 11) is 1.38. The van der Waals surface area contributed by atoms with Crippen molar-refractivity contribution in [2.24, 2.45) is 0 Å². The Bertz CT molecular complexity index is 644. The van der Waals surface area contributed by atoms with Crippen LogP contribution in [0.2, 0.25) is 0 Å². The highest BCUT2D eigenvalue weighted by molar-refractivity contribution is 8.00. The molecule has 0 spiro atoms. The van der Waals surface area contributed by atoms with Gasteiger partial charge in [0.1, 0.15) is 11.6 Å². The molecule has 0 unspecified atom stereocenters. The Balaban J connectivity index is 1.93. The van der Waals surface area contributed by atoms with Gasteiger partial charge in [0.25, 0.3) is 0 Å². The number of rotatable bonds is 6. The summed E-state index contributed by atoms with van der Waals surface area (Å²) in [5.74, 6) is -0.635. The Morgan fingerprint density at radius 1 is 1.14 bits per heavy atom. The minimum absolute atomic E-state index is 0.0900. The van der Waals surface area contributed by atoms with Crippen LogP contribution in [-0.4, -0.2) is 18.6 Å². The highest BCUT2D eigenvalue weighted by Gasteiger charge is 2.09. The third kappa shape index (κ3) is 4.29. The molecule has 2 aromatic rings. The van der Waals surface area contributed by atoms with E-state index >= 15 is 0 Å². The molecule has 0 aliphatic heterocycles. The molecule has 0 heterocycles. The molecule has 0 aliphatic carbocycles. The van der Waals surface area contributed by atoms with Crippen LogP contribution in [0.1, 0.15) is 5.56 Å². The smallest absolute Gasteiger partial charge is 0.165 e. The first kappa shape index (κ1) is 15.5. The van der Waals surface area contributed by atoms with E-state index in [1.54, 1.807) is 24.3 Å². The highest BCUT2D eigenvalue weighted by atomic mass is 32.2. The van der Waals surface area contributed by atoms with E-state index in [2.05, 4.69) is 0 Å². The Morgan fingerprint density at radius 2 is 1.90 bits per heavy atom. The molecule has 2 rings (SSSR count). The number of methoxy groups -OCH3 is 1. The summed E-state index contributed by atoms with van der Waals surface area (Å²) in [6.45, 7) is 0. The predicted octanol–water partition coefficient (Wildman–Crippen LogP) is 3.88. The summed E-state index contributed by atoms with van der Waals surface area (Å²) >= 11 is 1.14. The van der Waals surface area contributed by atoms with Crippen LogP contribution in [0, 0.1) is 11.6 Å². The van der Waals surface area contributed by atoms with Crippen LogP contribution in [0.3, 0.4) is 0 Å². The molecule has 0 N–H and O–H groups in total. The van der Waals surface area contributed by atoms with Crippen molar-refractivity contribution in [3.05, 3.63) is 59.7 Å². The molecule has 110 valence electrons. The van der Waals surface area contributed by atoms with E-state index in [0.717, 1.165) is 11.8 Å². The largest absolute Gasteiger partial charge is 0.494 e. The molecule has 0 saturated carbocycles. The van der Waals surface area contributed by atoms with E-state index in [9.17, 15) is 13.6 Å². The zero-order chi connectivity index (χ0) is 15.2. The van der Waals surface area contributed by atoms with Gasteiger partial charge >= 0.3 is 0 Å². The fourth-order valence-electron chi connectivity index (χ4n) is 1.82. The number of halogens is 2. The zero-order valence-corrected chi connectivity index (χ0v) is 12.3. The molecule has 2 aromatic carbocycles. The molecule has 0 radical (unpaired) electrons. The maximum Gasteiger partial charge on any atom is 0.165 e. The monoisotopic (exact) mass is 308 g/mol. The summed E-state index contributed by atoms with van der Waals surface area (Å²) in [6, 6.07) is 10.7. The van der Waals surface area contributed by atoms with Crippen LogP contribution >= 0.6 is 11.8 Å². The summed E-state index contributed by atoms with van der Waals surface area (Å²) in [5, 5.41) is 0. The van der Waals surface area contributed by atoms with Crippen molar-refractivity contribution in [1.29, 1.82) is 0 Å². The van der Waals surface area contributed by atoms with Crippen molar-refractivity contribution >= 4 is 17.5 Å². The number of Topliss-reactive ketones (excluding diaryl/α,β-unsaturated/α-hetero) is 1. The molecule has 0 saturated heterocycles. The van der Waals surface area contributed by atoms with Crippen molar-refractivity contribution in [1.82, 2.24) is 0 Å².